The van der Waals surface area contributed by atoms with Crippen LogP contribution in [-0.2, 0) is 28.9 Å². The van der Waals surface area contributed by atoms with Crippen molar-refractivity contribution < 1.29 is 27.5 Å². The Morgan fingerprint density at radius 2 is 1.71 bits per heavy atom. The van der Waals surface area contributed by atoms with E-state index in [4.69, 9.17) is 9.47 Å². The molecule has 8 heteroatoms. The fourth-order valence-corrected chi connectivity index (χ4v) is 5.79. The molecular weight excluding hydrogens is 382 g/mol. The van der Waals surface area contributed by atoms with E-state index in [1.54, 1.807) is 32.9 Å². The van der Waals surface area contributed by atoms with Crippen LogP contribution in [0.4, 0.5) is 0 Å². The van der Waals surface area contributed by atoms with Gasteiger partial charge >= 0.3 is 11.9 Å². The number of benzene rings is 1. The van der Waals surface area contributed by atoms with Crippen LogP contribution in [0.1, 0.15) is 33.3 Å². The van der Waals surface area contributed by atoms with Gasteiger partial charge in [-0.25, -0.2) is 8.42 Å². The Balaban J connectivity index is 2.71. The molecule has 1 heterocycles. The van der Waals surface area contributed by atoms with Gasteiger partial charge in [0.1, 0.15) is 5.92 Å². The van der Waals surface area contributed by atoms with Crippen molar-refractivity contribution in [3.8, 4) is 0 Å². The first-order valence-corrected chi connectivity index (χ1v) is 10.6. The molecule has 2 rings (SSSR count). The molecule has 0 fully saturated rings. The average molecular weight is 410 g/mol. The van der Waals surface area contributed by atoms with Crippen molar-refractivity contribution >= 4 is 27.5 Å². The summed E-state index contributed by atoms with van der Waals surface area (Å²) in [6.07, 6.45) is 0. The predicted octanol–water partition coefficient (Wildman–Crippen LogP) is 2.56. The summed E-state index contributed by atoms with van der Waals surface area (Å²) in [4.78, 5) is 27.7. The molecule has 4 atom stereocenters. The molecule has 1 aliphatic heterocycles. The maximum absolute atomic E-state index is 13.5. The number of aliphatic imine (C=N–C) groups is 1. The second kappa shape index (κ2) is 8.03. The molecule has 154 valence electrons. The molecule has 0 amide bonds. The van der Waals surface area contributed by atoms with Crippen molar-refractivity contribution in [3.63, 3.8) is 0 Å². The Labute approximate surface area is 166 Å². The van der Waals surface area contributed by atoms with E-state index < -0.39 is 44.4 Å². The van der Waals surface area contributed by atoms with Gasteiger partial charge in [-0.05, 0) is 45.7 Å². The quantitative estimate of drug-likeness (QED) is 0.693. The first-order valence-electron chi connectivity index (χ1n) is 9.13. The van der Waals surface area contributed by atoms with Gasteiger partial charge in [0.2, 0.25) is 9.84 Å². The molecule has 0 saturated carbocycles. The Morgan fingerprint density at radius 1 is 1.14 bits per heavy atom. The van der Waals surface area contributed by atoms with Crippen LogP contribution in [0.5, 0.6) is 0 Å². The number of sulfone groups is 1. The highest BCUT2D eigenvalue weighted by atomic mass is 32.2. The van der Waals surface area contributed by atoms with E-state index in [9.17, 15) is 18.0 Å². The van der Waals surface area contributed by atoms with Gasteiger partial charge in [0.05, 0.1) is 24.5 Å². The van der Waals surface area contributed by atoms with Crippen LogP contribution in [0.15, 0.2) is 34.2 Å². The summed E-state index contributed by atoms with van der Waals surface area (Å²) in [5.74, 6) is -3.90. The zero-order valence-corrected chi connectivity index (χ0v) is 17.9. The lowest BCUT2D eigenvalue weighted by atomic mass is 9.74. The van der Waals surface area contributed by atoms with Gasteiger partial charge in [-0.2, -0.15) is 0 Å². The summed E-state index contributed by atoms with van der Waals surface area (Å²) in [7, 11) is -2.80. The van der Waals surface area contributed by atoms with Gasteiger partial charge in [-0.3, -0.25) is 14.6 Å². The topological polar surface area (TPSA) is 99.1 Å². The van der Waals surface area contributed by atoms with Crippen molar-refractivity contribution in [3.05, 3.63) is 29.8 Å². The summed E-state index contributed by atoms with van der Waals surface area (Å²) in [5.41, 5.74) is 1.23. The first-order chi connectivity index (χ1) is 13.0. The maximum Gasteiger partial charge on any atom is 0.314 e. The molecular formula is C20H27NO6S. The van der Waals surface area contributed by atoms with Crippen LogP contribution >= 0.6 is 0 Å². The molecule has 1 aromatic rings. The average Bonchev–Trinajstić information content (AvgIpc) is 2.61. The second-order valence-electron chi connectivity index (χ2n) is 7.21. The number of esters is 2. The smallest absolute Gasteiger partial charge is 0.314 e. The van der Waals surface area contributed by atoms with Crippen LogP contribution in [0.3, 0.4) is 0 Å². The molecule has 0 N–H and O–H groups in total. The third kappa shape index (κ3) is 3.57. The van der Waals surface area contributed by atoms with Crippen LogP contribution < -0.4 is 0 Å². The lowest BCUT2D eigenvalue weighted by Gasteiger charge is -2.42. The molecule has 0 bridgehead atoms. The van der Waals surface area contributed by atoms with Gasteiger partial charge in [0, 0.05) is 5.71 Å². The molecule has 0 saturated heterocycles. The lowest BCUT2D eigenvalue weighted by molar-refractivity contribution is -0.154. The highest BCUT2D eigenvalue weighted by Crippen LogP contribution is 2.45. The number of carbonyl (C=O) groups excluding carboxylic acids is 2. The number of rotatable bonds is 5. The van der Waals surface area contributed by atoms with Gasteiger partial charge in [0.25, 0.3) is 0 Å². The van der Waals surface area contributed by atoms with Crippen LogP contribution in [0.2, 0.25) is 0 Å². The molecule has 0 aliphatic carbocycles. The Bertz CT molecular complexity index is 890. The Morgan fingerprint density at radius 3 is 2.21 bits per heavy atom. The fourth-order valence-electron chi connectivity index (χ4n) is 3.91. The third-order valence-electron chi connectivity index (χ3n) is 5.35. The molecule has 4 unspecified atom stereocenters. The monoisotopic (exact) mass is 409 g/mol. The molecule has 0 spiro atoms. The Kier molecular flexibility index (Phi) is 6.33. The van der Waals surface area contributed by atoms with E-state index in [1.807, 2.05) is 6.92 Å². The van der Waals surface area contributed by atoms with E-state index in [0.717, 1.165) is 5.56 Å². The SMILES string of the molecule is CCOC(=O)C1C(C)C(C(=O)OC)C(C)=NC1(C)S(=O)(=O)c1ccc(C)cc1. The summed E-state index contributed by atoms with van der Waals surface area (Å²) < 4.78 is 37.1. The minimum Gasteiger partial charge on any atom is -0.469 e. The molecule has 0 aromatic heterocycles. The minimum atomic E-state index is -4.05. The largest absolute Gasteiger partial charge is 0.469 e. The van der Waals surface area contributed by atoms with E-state index >= 15 is 0 Å². The number of methoxy groups -OCH3 is 1. The number of aryl methyl sites for hydroxylation is 1. The lowest BCUT2D eigenvalue weighted by Crippen LogP contribution is -2.56. The summed E-state index contributed by atoms with van der Waals surface area (Å²) in [5, 5.41) is 0. The van der Waals surface area contributed by atoms with Crippen LogP contribution in [0, 0.1) is 24.7 Å². The highest BCUT2D eigenvalue weighted by molar-refractivity contribution is 7.92. The predicted molar refractivity (Wildman–Crippen MR) is 105 cm³/mol. The van der Waals surface area contributed by atoms with Crippen LogP contribution in [0.25, 0.3) is 0 Å². The molecule has 28 heavy (non-hydrogen) atoms. The van der Waals surface area contributed by atoms with Gasteiger partial charge in [-0.15, -0.1) is 0 Å². The van der Waals surface area contributed by atoms with Crippen molar-refractivity contribution in [2.75, 3.05) is 13.7 Å². The molecule has 1 aliphatic rings. The van der Waals surface area contributed by atoms with Crippen molar-refractivity contribution in [2.45, 2.75) is 44.4 Å². The van der Waals surface area contributed by atoms with E-state index in [-0.39, 0.29) is 11.5 Å². The highest BCUT2D eigenvalue weighted by Gasteiger charge is 2.58. The zero-order valence-electron chi connectivity index (χ0n) is 17.1. The third-order valence-corrected chi connectivity index (χ3v) is 7.67. The number of hydrogen-bond acceptors (Lipinski definition) is 7. The number of carbonyl (C=O) groups is 2. The van der Waals surface area contributed by atoms with Crippen LogP contribution in [-0.4, -0.2) is 44.7 Å². The Hall–Kier alpha value is -2.22. The minimum absolute atomic E-state index is 0.0650. The first kappa shape index (κ1) is 22.1. The number of ether oxygens (including phenoxy) is 2. The number of hydrogen-bond donors (Lipinski definition) is 0. The van der Waals surface area contributed by atoms with Gasteiger partial charge < -0.3 is 9.47 Å². The van der Waals surface area contributed by atoms with Crippen molar-refractivity contribution in [1.29, 1.82) is 0 Å². The standard InChI is InChI=1S/C20H27NO6S/c1-7-27-19(23)17-13(3)16(18(22)26-6)14(4)21-20(17,5)28(24,25)15-10-8-12(2)9-11-15/h8-11,13,16-17H,7H2,1-6H3. The fraction of sp³-hybridized carbons (Fsp3) is 0.550. The van der Waals surface area contributed by atoms with Gasteiger partial charge in [-0.1, -0.05) is 24.6 Å². The molecule has 0 radical (unpaired) electrons. The maximum atomic E-state index is 13.5. The summed E-state index contributed by atoms with van der Waals surface area (Å²) >= 11 is 0. The molecule has 7 nitrogen and oxygen atoms in total. The normalized spacial score (nSPS) is 27.6. The van der Waals surface area contributed by atoms with E-state index in [1.165, 1.54) is 26.2 Å². The second-order valence-corrected chi connectivity index (χ2v) is 9.52. The van der Waals surface area contributed by atoms with E-state index in [0.29, 0.717) is 5.71 Å². The zero-order chi connectivity index (χ0) is 21.3. The van der Waals surface area contributed by atoms with E-state index in [2.05, 4.69) is 4.99 Å². The number of nitrogens with zero attached hydrogens (tertiary/aromatic N) is 1. The molecule has 1 aromatic carbocycles. The van der Waals surface area contributed by atoms with Crippen molar-refractivity contribution in [1.82, 2.24) is 0 Å². The van der Waals surface area contributed by atoms with Gasteiger partial charge in [0.15, 0.2) is 4.87 Å². The van der Waals surface area contributed by atoms with Crippen molar-refractivity contribution in [2.24, 2.45) is 22.7 Å². The summed E-state index contributed by atoms with van der Waals surface area (Å²) in [6, 6.07) is 6.38. The summed E-state index contributed by atoms with van der Waals surface area (Å²) in [6.45, 7) is 8.24.